The molecule has 0 unspecified atom stereocenters. The fraction of sp³-hybridized carbons (Fsp3) is 0.538. The largest absolute Gasteiger partial charge is 0.381 e. The number of carbonyl (C=O) groups excluding carboxylic acids is 1. The normalized spacial score (nSPS) is 18.1. The van der Waals surface area contributed by atoms with Gasteiger partial charge in [0.25, 0.3) is 0 Å². The second kappa shape index (κ2) is 10.8. The summed E-state index contributed by atoms with van der Waals surface area (Å²) in [5, 5.41) is 3.56. The number of hydrogen-bond acceptors (Lipinski definition) is 5. The molecule has 32 heavy (non-hydrogen) atoms. The van der Waals surface area contributed by atoms with Crippen molar-refractivity contribution in [1.82, 2.24) is 14.8 Å². The van der Waals surface area contributed by atoms with E-state index in [1.54, 1.807) is 0 Å². The van der Waals surface area contributed by atoms with Crippen molar-refractivity contribution in [2.24, 2.45) is 0 Å². The number of pyridine rings is 1. The average molecular weight is 436 g/mol. The Bertz CT molecular complexity index is 851. The van der Waals surface area contributed by atoms with Crippen molar-refractivity contribution >= 4 is 17.3 Å². The van der Waals surface area contributed by atoms with Gasteiger partial charge in [-0.25, -0.2) is 0 Å². The van der Waals surface area contributed by atoms with Gasteiger partial charge in [-0.15, -0.1) is 0 Å². The van der Waals surface area contributed by atoms with Crippen LogP contribution in [0.15, 0.2) is 42.6 Å². The Balaban J connectivity index is 1.11. The van der Waals surface area contributed by atoms with Gasteiger partial charge in [-0.3, -0.25) is 14.7 Å². The summed E-state index contributed by atoms with van der Waals surface area (Å²) < 4.78 is 0. The molecule has 3 heterocycles. The highest BCUT2D eigenvalue weighted by Gasteiger charge is 2.23. The van der Waals surface area contributed by atoms with Crippen LogP contribution in [0.1, 0.15) is 36.9 Å². The topological polar surface area (TPSA) is 51.7 Å². The number of anilines is 2. The summed E-state index contributed by atoms with van der Waals surface area (Å²) in [7, 11) is 0. The average Bonchev–Trinajstić information content (AvgIpc) is 2.82. The highest BCUT2D eigenvalue weighted by molar-refractivity contribution is 5.76. The zero-order valence-corrected chi connectivity index (χ0v) is 19.6. The molecule has 1 aromatic carbocycles. The van der Waals surface area contributed by atoms with Crippen molar-refractivity contribution < 1.29 is 4.79 Å². The van der Waals surface area contributed by atoms with Gasteiger partial charge >= 0.3 is 0 Å². The summed E-state index contributed by atoms with van der Waals surface area (Å²) in [5.74, 6) is 0.318. The Morgan fingerprint density at radius 2 is 1.69 bits per heavy atom. The smallest absolute Gasteiger partial charge is 0.222 e. The zero-order chi connectivity index (χ0) is 22.3. The summed E-state index contributed by atoms with van der Waals surface area (Å²) in [6.45, 7) is 11.1. The summed E-state index contributed by atoms with van der Waals surface area (Å²) in [6.07, 6.45) is 5.52. The summed E-state index contributed by atoms with van der Waals surface area (Å²) >= 11 is 0. The third kappa shape index (κ3) is 6.22. The highest BCUT2D eigenvalue weighted by Crippen LogP contribution is 2.19. The molecule has 1 amide bonds. The maximum atomic E-state index is 12.7. The predicted molar refractivity (Wildman–Crippen MR) is 131 cm³/mol. The van der Waals surface area contributed by atoms with Crippen molar-refractivity contribution in [3.63, 3.8) is 0 Å². The van der Waals surface area contributed by atoms with Gasteiger partial charge in [0.05, 0.1) is 11.9 Å². The minimum atomic E-state index is 0.318. The molecule has 172 valence electrons. The molecule has 1 aromatic heterocycles. The lowest BCUT2D eigenvalue weighted by atomic mass is 10.0. The van der Waals surface area contributed by atoms with Crippen molar-refractivity contribution in [2.75, 3.05) is 56.0 Å². The Kier molecular flexibility index (Phi) is 7.63. The van der Waals surface area contributed by atoms with Crippen LogP contribution in [0.3, 0.4) is 0 Å². The van der Waals surface area contributed by atoms with Crippen LogP contribution >= 0.6 is 0 Å². The van der Waals surface area contributed by atoms with E-state index in [1.807, 2.05) is 19.2 Å². The summed E-state index contributed by atoms with van der Waals surface area (Å²) in [4.78, 5) is 24.0. The number of rotatable bonds is 7. The molecule has 2 aliphatic rings. The van der Waals surface area contributed by atoms with E-state index in [-0.39, 0.29) is 0 Å². The number of piperazine rings is 1. The molecular weight excluding hydrogens is 398 g/mol. The van der Waals surface area contributed by atoms with Crippen LogP contribution in [-0.2, 0) is 4.79 Å². The molecule has 6 nitrogen and oxygen atoms in total. The van der Waals surface area contributed by atoms with E-state index in [0.29, 0.717) is 18.4 Å². The van der Waals surface area contributed by atoms with Crippen molar-refractivity contribution in [3.05, 3.63) is 53.9 Å². The molecule has 1 N–H and O–H groups in total. The first kappa shape index (κ1) is 22.6. The van der Waals surface area contributed by atoms with E-state index in [9.17, 15) is 4.79 Å². The van der Waals surface area contributed by atoms with Gasteiger partial charge < -0.3 is 15.1 Å². The molecular formula is C26H37N5O. The quantitative estimate of drug-likeness (QED) is 0.719. The van der Waals surface area contributed by atoms with Crippen molar-refractivity contribution in [1.29, 1.82) is 0 Å². The molecule has 2 aromatic rings. The molecule has 4 rings (SSSR count). The SMILES string of the molecule is Cc1ccc(N2CCN(CCCC(=O)N3CCC(Nc4ccc(C)nc4)CC3)CC2)cc1. The van der Waals surface area contributed by atoms with Gasteiger partial charge in [-0.05, 0) is 63.9 Å². The number of piperidine rings is 1. The molecule has 2 fully saturated rings. The van der Waals surface area contributed by atoms with Crippen LogP contribution in [0.5, 0.6) is 0 Å². The number of carbonyl (C=O) groups is 1. The van der Waals surface area contributed by atoms with E-state index >= 15 is 0 Å². The maximum absolute atomic E-state index is 12.7. The number of amides is 1. The van der Waals surface area contributed by atoms with Gasteiger partial charge in [0.1, 0.15) is 0 Å². The predicted octanol–water partition coefficient (Wildman–Crippen LogP) is 3.70. The van der Waals surface area contributed by atoms with Gasteiger partial charge in [-0.2, -0.15) is 0 Å². The van der Waals surface area contributed by atoms with Gasteiger partial charge in [0, 0.05) is 63.1 Å². The van der Waals surface area contributed by atoms with E-state index in [0.717, 1.165) is 76.5 Å². The highest BCUT2D eigenvalue weighted by atomic mass is 16.2. The monoisotopic (exact) mass is 435 g/mol. The number of likely N-dealkylation sites (tertiary alicyclic amines) is 1. The van der Waals surface area contributed by atoms with Crippen LogP contribution < -0.4 is 10.2 Å². The van der Waals surface area contributed by atoms with E-state index < -0.39 is 0 Å². The number of nitrogens with one attached hydrogen (secondary N) is 1. The number of hydrogen-bond donors (Lipinski definition) is 1. The molecule has 0 saturated carbocycles. The standard InChI is InChI=1S/C26H37N5O/c1-21-5-9-25(10-6-21)30-18-16-29(17-19-30)13-3-4-26(32)31-14-11-23(12-15-31)28-24-8-7-22(2)27-20-24/h5-10,20,23,28H,3-4,11-19H2,1-2H3. The molecule has 0 atom stereocenters. The minimum absolute atomic E-state index is 0.318. The first-order chi connectivity index (χ1) is 15.6. The summed E-state index contributed by atoms with van der Waals surface area (Å²) in [6, 6.07) is 13.4. The van der Waals surface area contributed by atoms with Crippen molar-refractivity contribution in [2.45, 2.75) is 45.6 Å². The van der Waals surface area contributed by atoms with Crippen LogP contribution in [-0.4, -0.2) is 72.5 Å². The van der Waals surface area contributed by atoms with E-state index in [4.69, 9.17) is 0 Å². The molecule has 6 heteroatoms. The van der Waals surface area contributed by atoms with Gasteiger partial charge in [-0.1, -0.05) is 17.7 Å². The first-order valence-electron chi connectivity index (χ1n) is 12.1. The maximum Gasteiger partial charge on any atom is 0.222 e. The van der Waals surface area contributed by atoms with Gasteiger partial charge in [0.15, 0.2) is 0 Å². The van der Waals surface area contributed by atoms with E-state index in [1.165, 1.54) is 11.3 Å². The fourth-order valence-electron chi connectivity index (χ4n) is 4.66. The Morgan fingerprint density at radius 1 is 0.969 bits per heavy atom. The minimum Gasteiger partial charge on any atom is -0.381 e. The fourth-order valence-corrected chi connectivity index (χ4v) is 4.66. The first-order valence-corrected chi connectivity index (χ1v) is 12.1. The molecule has 2 saturated heterocycles. The van der Waals surface area contributed by atoms with Crippen LogP contribution in [0.25, 0.3) is 0 Å². The number of nitrogens with zero attached hydrogens (tertiary/aromatic N) is 4. The lowest BCUT2D eigenvalue weighted by molar-refractivity contribution is -0.132. The van der Waals surface area contributed by atoms with Crippen molar-refractivity contribution in [3.8, 4) is 0 Å². The molecule has 0 radical (unpaired) electrons. The number of benzene rings is 1. The van der Waals surface area contributed by atoms with Crippen LogP contribution in [0.2, 0.25) is 0 Å². The molecule has 0 spiro atoms. The van der Waals surface area contributed by atoms with Crippen LogP contribution in [0.4, 0.5) is 11.4 Å². The molecule has 2 aliphatic heterocycles. The third-order valence-electron chi connectivity index (χ3n) is 6.77. The number of aryl methyl sites for hydroxylation is 2. The molecule has 0 bridgehead atoms. The number of aromatic nitrogens is 1. The molecule has 0 aliphatic carbocycles. The van der Waals surface area contributed by atoms with Gasteiger partial charge in [0.2, 0.25) is 5.91 Å². The second-order valence-corrected chi connectivity index (χ2v) is 9.26. The Labute approximate surface area is 192 Å². The Hall–Kier alpha value is -2.60. The lowest BCUT2D eigenvalue weighted by Crippen LogP contribution is -2.47. The van der Waals surface area contributed by atoms with Crippen LogP contribution in [0, 0.1) is 13.8 Å². The Morgan fingerprint density at radius 3 is 2.34 bits per heavy atom. The zero-order valence-electron chi connectivity index (χ0n) is 19.6. The lowest BCUT2D eigenvalue weighted by Gasteiger charge is -2.36. The summed E-state index contributed by atoms with van der Waals surface area (Å²) in [5.41, 5.74) is 4.73. The third-order valence-corrected chi connectivity index (χ3v) is 6.77. The van der Waals surface area contributed by atoms with E-state index in [2.05, 4.69) is 62.3 Å². The second-order valence-electron chi connectivity index (χ2n) is 9.26.